The zero-order valence-electron chi connectivity index (χ0n) is 15.7. The van der Waals surface area contributed by atoms with Crippen LogP contribution in [-0.2, 0) is 10.2 Å². The summed E-state index contributed by atoms with van der Waals surface area (Å²) in [7, 11) is 0. The van der Waals surface area contributed by atoms with Gasteiger partial charge in [0, 0.05) is 4.47 Å². The molecule has 0 bridgehead atoms. The number of carbonyl (C=O) groups is 1. The minimum absolute atomic E-state index is 0.0597. The van der Waals surface area contributed by atoms with Gasteiger partial charge in [-0.1, -0.05) is 39.0 Å². The summed E-state index contributed by atoms with van der Waals surface area (Å²) in [6.07, 6.45) is -0.588. The van der Waals surface area contributed by atoms with E-state index in [2.05, 4.69) is 42.0 Å². The second-order valence-corrected chi connectivity index (χ2v) is 8.25. The van der Waals surface area contributed by atoms with Crippen molar-refractivity contribution in [3.8, 4) is 5.75 Å². The Bertz CT molecular complexity index is 778. The number of halogens is 1. The van der Waals surface area contributed by atoms with Crippen molar-refractivity contribution in [1.29, 1.82) is 0 Å². The predicted molar refractivity (Wildman–Crippen MR) is 107 cm³/mol. The highest BCUT2D eigenvalue weighted by atomic mass is 79.9. The maximum atomic E-state index is 12.5. The molecule has 0 saturated heterocycles. The van der Waals surface area contributed by atoms with E-state index >= 15 is 0 Å². The zero-order valence-corrected chi connectivity index (χ0v) is 17.3. The quantitative estimate of drug-likeness (QED) is 0.703. The summed E-state index contributed by atoms with van der Waals surface area (Å²) in [6, 6.07) is 11.9. The third-order valence-electron chi connectivity index (χ3n) is 4.32. The molecule has 2 rings (SSSR count). The Hall–Kier alpha value is -1.81. The van der Waals surface area contributed by atoms with E-state index in [0.717, 1.165) is 27.0 Å². The third kappa shape index (κ3) is 4.85. The summed E-state index contributed by atoms with van der Waals surface area (Å²) >= 11 is 3.55. The smallest absolute Gasteiger partial charge is 0.265 e. The minimum atomic E-state index is -0.588. The molecule has 2 aromatic rings. The van der Waals surface area contributed by atoms with E-state index in [1.54, 1.807) is 6.92 Å². The second kappa shape index (κ2) is 7.61. The highest BCUT2D eigenvalue weighted by Crippen LogP contribution is 2.30. The maximum absolute atomic E-state index is 12.5. The lowest BCUT2D eigenvalue weighted by Crippen LogP contribution is -2.30. The van der Waals surface area contributed by atoms with Gasteiger partial charge in [-0.05, 0) is 77.0 Å². The van der Waals surface area contributed by atoms with E-state index in [0.29, 0.717) is 0 Å². The number of carbonyl (C=O) groups excluding carboxylic acids is 1. The van der Waals surface area contributed by atoms with Gasteiger partial charge in [0.25, 0.3) is 5.91 Å². The van der Waals surface area contributed by atoms with Gasteiger partial charge in [-0.25, -0.2) is 0 Å². The summed E-state index contributed by atoms with van der Waals surface area (Å²) in [4.78, 5) is 12.5. The van der Waals surface area contributed by atoms with Crippen LogP contribution in [0.2, 0.25) is 0 Å². The molecule has 4 heteroatoms. The number of rotatable bonds is 4. The van der Waals surface area contributed by atoms with Crippen LogP contribution in [0.5, 0.6) is 5.75 Å². The molecule has 0 saturated carbocycles. The predicted octanol–water partition coefficient (Wildman–Crippen LogP) is 5.77. The topological polar surface area (TPSA) is 38.3 Å². The van der Waals surface area contributed by atoms with Crippen LogP contribution in [-0.4, -0.2) is 12.0 Å². The first-order valence-electron chi connectivity index (χ1n) is 8.43. The fourth-order valence-electron chi connectivity index (χ4n) is 2.41. The van der Waals surface area contributed by atoms with Crippen LogP contribution in [0.3, 0.4) is 0 Å². The van der Waals surface area contributed by atoms with Gasteiger partial charge >= 0.3 is 0 Å². The maximum Gasteiger partial charge on any atom is 0.265 e. The molecular weight excluding hydrogens is 378 g/mol. The molecule has 0 radical (unpaired) electrons. The molecular formula is C21H26BrNO2. The van der Waals surface area contributed by atoms with Crippen molar-refractivity contribution in [2.24, 2.45) is 0 Å². The van der Waals surface area contributed by atoms with E-state index in [-0.39, 0.29) is 11.3 Å². The SMILES string of the molecule is Cc1cccc(OC(C)C(=O)Nc2ccc(C(C)(C)C)cc2Br)c1C. The number of anilines is 1. The largest absolute Gasteiger partial charge is 0.481 e. The van der Waals surface area contributed by atoms with Gasteiger partial charge < -0.3 is 10.1 Å². The Kier molecular flexibility index (Phi) is 5.94. The van der Waals surface area contributed by atoms with Gasteiger partial charge in [0.15, 0.2) is 6.10 Å². The number of ether oxygens (including phenoxy) is 1. The number of nitrogens with one attached hydrogen (secondary N) is 1. The molecule has 1 amide bonds. The molecule has 0 spiro atoms. The average molecular weight is 404 g/mol. The Labute approximate surface area is 158 Å². The summed E-state index contributed by atoms with van der Waals surface area (Å²) in [6.45, 7) is 12.3. The van der Waals surface area contributed by atoms with Crippen molar-refractivity contribution >= 4 is 27.5 Å². The zero-order chi connectivity index (χ0) is 18.8. The molecule has 0 aliphatic carbocycles. The first-order chi connectivity index (χ1) is 11.6. The van der Waals surface area contributed by atoms with Gasteiger partial charge in [-0.2, -0.15) is 0 Å². The molecule has 0 heterocycles. The van der Waals surface area contributed by atoms with Crippen molar-refractivity contribution in [3.63, 3.8) is 0 Å². The van der Waals surface area contributed by atoms with Crippen molar-refractivity contribution in [2.45, 2.75) is 53.1 Å². The van der Waals surface area contributed by atoms with Crippen LogP contribution in [0.25, 0.3) is 0 Å². The van der Waals surface area contributed by atoms with Crippen molar-refractivity contribution < 1.29 is 9.53 Å². The van der Waals surface area contributed by atoms with Gasteiger partial charge in [0.2, 0.25) is 0 Å². The molecule has 134 valence electrons. The Morgan fingerprint density at radius 1 is 1.16 bits per heavy atom. The normalized spacial score (nSPS) is 12.6. The first kappa shape index (κ1) is 19.5. The van der Waals surface area contributed by atoms with Crippen LogP contribution < -0.4 is 10.1 Å². The fourth-order valence-corrected chi connectivity index (χ4v) is 2.89. The highest BCUT2D eigenvalue weighted by Gasteiger charge is 2.19. The summed E-state index contributed by atoms with van der Waals surface area (Å²) in [5, 5.41) is 2.93. The van der Waals surface area contributed by atoms with E-state index in [1.807, 2.05) is 50.2 Å². The first-order valence-corrected chi connectivity index (χ1v) is 9.22. The molecule has 2 aromatic carbocycles. The lowest BCUT2D eigenvalue weighted by atomic mass is 9.87. The standard InChI is InChI=1S/C21H26BrNO2/c1-13-8-7-9-19(14(13)2)25-15(3)20(24)23-18-11-10-16(12-17(18)22)21(4,5)6/h7-12,15H,1-6H3,(H,23,24). The number of benzene rings is 2. The molecule has 0 aromatic heterocycles. The molecule has 0 aliphatic rings. The third-order valence-corrected chi connectivity index (χ3v) is 4.98. The second-order valence-electron chi connectivity index (χ2n) is 7.39. The van der Waals surface area contributed by atoms with E-state index < -0.39 is 6.10 Å². The lowest BCUT2D eigenvalue weighted by molar-refractivity contribution is -0.122. The fraction of sp³-hybridized carbons (Fsp3) is 0.381. The number of hydrogen-bond acceptors (Lipinski definition) is 2. The van der Waals surface area contributed by atoms with E-state index in [9.17, 15) is 4.79 Å². The molecule has 3 nitrogen and oxygen atoms in total. The summed E-state index contributed by atoms with van der Waals surface area (Å²) in [5.41, 5.74) is 4.21. The average Bonchev–Trinajstić information content (AvgIpc) is 2.52. The van der Waals surface area contributed by atoms with Crippen LogP contribution in [0.4, 0.5) is 5.69 Å². The number of amides is 1. The number of hydrogen-bond donors (Lipinski definition) is 1. The summed E-state index contributed by atoms with van der Waals surface area (Å²) < 4.78 is 6.72. The van der Waals surface area contributed by atoms with Crippen molar-refractivity contribution in [1.82, 2.24) is 0 Å². The highest BCUT2D eigenvalue weighted by molar-refractivity contribution is 9.10. The molecule has 1 atom stereocenters. The lowest BCUT2D eigenvalue weighted by Gasteiger charge is -2.21. The number of aryl methyl sites for hydroxylation is 1. The van der Waals surface area contributed by atoms with Gasteiger partial charge in [0.1, 0.15) is 5.75 Å². The minimum Gasteiger partial charge on any atom is -0.481 e. The van der Waals surface area contributed by atoms with Crippen LogP contribution in [0.15, 0.2) is 40.9 Å². The van der Waals surface area contributed by atoms with E-state index in [1.165, 1.54) is 5.56 Å². The van der Waals surface area contributed by atoms with E-state index in [4.69, 9.17) is 4.74 Å². The molecule has 1 N–H and O–H groups in total. The molecule has 0 aliphatic heterocycles. The Morgan fingerprint density at radius 2 is 1.84 bits per heavy atom. The van der Waals surface area contributed by atoms with Gasteiger partial charge in [-0.15, -0.1) is 0 Å². The Morgan fingerprint density at radius 3 is 2.44 bits per heavy atom. The van der Waals surface area contributed by atoms with Crippen LogP contribution in [0, 0.1) is 13.8 Å². The monoisotopic (exact) mass is 403 g/mol. The van der Waals surface area contributed by atoms with Crippen LogP contribution >= 0.6 is 15.9 Å². The van der Waals surface area contributed by atoms with Crippen molar-refractivity contribution in [3.05, 3.63) is 57.6 Å². The van der Waals surface area contributed by atoms with Crippen molar-refractivity contribution in [2.75, 3.05) is 5.32 Å². The molecule has 25 heavy (non-hydrogen) atoms. The summed E-state index contributed by atoms with van der Waals surface area (Å²) in [5.74, 6) is 0.565. The van der Waals surface area contributed by atoms with Gasteiger partial charge in [0.05, 0.1) is 5.69 Å². The van der Waals surface area contributed by atoms with Crippen LogP contribution in [0.1, 0.15) is 44.4 Å². The Balaban J connectivity index is 2.10. The molecule has 1 unspecified atom stereocenters. The van der Waals surface area contributed by atoms with Gasteiger partial charge in [-0.3, -0.25) is 4.79 Å². The molecule has 0 fully saturated rings.